The summed E-state index contributed by atoms with van der Waals surface area (Å²) >= 11 is 0. The number of benzene rings is 1. The first-order valence-corrected chi connectivity index (χ1v) is 9.80. The molecule has 27 heavy (non-hydrogen) atoms. The minimum Gasteiger partial charge on any atom is -0.492 e. The molecule has 2 atom stereocenters. The second kappa shape index (κ2) is 8.71. The summed E-state index contributed by atoms with van der Waals surface area (Å²) in [4.78, 5) is 31.4. The molecule has 1 saturated heterocycles. The lowest BCUT2D eigenvalue weighted by atomic mass is 10.1. The molecule has 2 heterocycles. The number of para-hydroxylation sites is 1. The third kappa shape index (κ3) is 4.42. The Labute approximate surface area is 161 Å². The molecule has 1 fully saturated rings. The van der Waals surface area contributed by atoms with Gasteiger partial charge in [0.1, 0.15) is 18.4 Å². The average molecular weight is 374 g/mol. The minimum atomic E-state index is -0.442. The molecule has 2 amide bonds. The first-order chi connectivity index (χ1) is 13.0. The maximum absolute atomic E-state index is 13.0. The first kappa shape index (κ1) is 19.6. The summed E-state index contributed by atoms with van der Waals surface area (Å²) in [7, 11) is 0. The fourth-order valence-electron chi connectivity index (χ4n) is 3.92. The molecule has 0 radical (unpaired) electrons. The van der Waals surface area contributed by atoms with Gasteiger partial charge in [-0.15, -0.1) is 0 Å². The number of ether oxygens (including phenoxy) is 1. The molecule has 0 unspecified atom stereocenters. The van der Waals surface area contributed by atoms with Crippen LogP contribution in [0.25, 0.3) is 0 Å². The average Bonchev–Trinajstić information content (AvgIpc) is 2.94. The van der Waals surface area contributed by atoms with Gasteiger partial charge in [-0.25, -0.2) is 0 Å². The molecule has 7 heteroatoms. The maximum atomic E-state index is 13.0. The van der Waals surface area contributed by atoms with E-state index in [4.69, 9.17) is 10.5 Å². The van der Waals surface area contributed by atoms with Crippen molar-refractivity contribution in [3.63, 3.8) is 0 Å². The summed E-state index contributed by atoms with van der Waals surface area (Å²) in [6.45, 7) is 7.79. The van der Waals surface area contributed by atoms with Gasteiger partial charge in [0.25, 0.3) is 0 Å². The van der Waals surface area contributed by atoms with Crippen molar-refractivity contribution in [2.45, 2.75) is 38.9 Å². The lowest BCUT2D eigenvalue weighted by Crippen LogP contribution is -2.50. The summed E-state index contributed by atoms with van der Waals surface area (Å²) in [5.41, 5.74) is 7.18. The van der Waals surface area contributed by atoms with E-state index in [1.165, 1.54) is 0 Å². The quantitative estimate of drug-likeness (QED) is 0.820. The summed E-state index contributed by atoms with van der Waals surface area (Å²) in [5, 5.41) is 0. The molecule has 0 bridgehead atoms. The van der Waals surface area contributed by atoms with Crippen LogP contribution in [0.1, 0.15) is 25.8 Å². The van der Waals surface area contributed by atoms with Gasteiger partial charge < -0.3 is 20.3 Å². The molecule has 2 aliphatic rings. The molecular weight excluding hydrogens is 344 g/mol. The van der Waals surface area contributed by atoms with Crippen LogP contribution in [-0.2, 0) is 16.1 Å². The molecule has 7 nitrogen and oxygen atoms in total. The number of likely N-dealkylation sites (tertiary alicyclic amines) is 1. The zero-order valence-corrected chi connectivity index (χ0v) is 16.3. The van der Waals surface area contributed by atoms with E-state index in [-0.39, 0.29) is 24.4 Å². The summed E-state index contributed by atoms with van der Waals surface area (Å²) in [6.07, 6.45) is 0.535. The van der Waals surface area contributed by atoms with E-state index in [0.29, 0.717) is 45.8 Å². The minimum absolute atomic E-state index is 0.00541. The molecular formula is C20H30N4O3. The molecule has 2 aliphatic heterocycles. The topological polar surface area (TPSA) is 79.1 Å². The molecule has 0 saturated carbocycles. The van der Waals surface area contributed by atoms with Gasteiger partial charge >= 0.3 is 0 Å². The number of nitrogens with zero attached hydrogens (tertiary/aromatic N) is 3. The van der Waals surface area contributed by atoms with Crippen LogP contribution < -0.4 is 10.5 Å². The highest BCUT2D eigenvalue weighted by Gasteiger charge is 2.39. The Bertz CT molecular complexity index is 677. The highest BCUT2D eigenvalue weighted by Crippen LogP contribution is 2.23. The monoisotopic (exact) mass is 374 g/mol. The van der Waals surface area contributed by atoms with Crippen LogP contribution in [-0.4, -0.2) is 77.9 Å². The predicted molar refractivity (Wildman–Crippen MR) is 103 cm³/mol. The van der Waals surface area contributed by atoms with E-state index in [1.807, 2.05) is 38.1 Å². The Morgan fingerprint density at radius 3 is 2.74 bits per heavy atom. The summed E-state index contributed by atoms with van der Waals surface area (Å²) in [5.74, 6) is 0.851. The lowest BCUT2D eigenvalue weighted by molar-refractivity contribution is -0.144. The number of fused-ring (bicyclic) bond motifs is 1. The number of amides is 2. The number of hydrogen-bond donors (Lipinski definition) is 1. The molecule has 0 aromatic heterocycles. The van der Waals surface area contributed by atoms with Crippen LogP contribution in [0.3, 0.4) is 0 Å². The van der Waals surface area contributed by atoms with Crippen molar-refractivity contribution in [1.82, 2.24) is 14.7 Å². The van der Waals surface area contributed by atoms with Gasteiger partial charge in [-0.2, -0.15) is 0 Å². The maximum Gasteiger partial charge on any atom is 0.245 e. The second-order valence-electron chi connectivity index (χ2n) is 7.24. The number of likely N-dealkylation sites (N-methyl/N-ethyl adjacent to an activating group) is 1. The van der Waals surface area contributed by atoms with E-state index in [0.717, 1.165) is 11.3 Å². The van der Waals surface area contributed by atoms with Gasteiger partial charge in [0.05, 0.1) is 6.54 Å². The fraction of sp³-hybridized carbons (Fsp3) is 0.600. The Kier molecular flexibility index (Phi) is 6.34. The van der Waals surface area contributed by atoms with E-state index >= 15 is 0 Å². The smallest absolute Gasteiger partial charge is 0.245 e. The normalized spacial score (nSPS) is 22.7. The molecule has 2 N–H and O–H groups in total. The van der Waals surface area contributed by atoms with Crippen LogP contribution >= 0.6 is 0 Å². The molecule has 148 valence electrons. The van der Waals surface area contributed by atoms with Gasteiger partial charge in [0.15, 0.2) is 0 Å². The Morgan fingerprint density at radius 1 is 1.26 bits per heavy atom. The number of hydrogen-bond acceptors (Lipinski definition) is 5. The highest BCUT2D eigenvalue weighted by atomic mass is 16.5. The standard InChI is InChI=1S/C20H30N4O3/c1-3-23(4-2)20(26)17-11-16(21)13-24(17)19(25)14-22-9-10-27-18-8-6-5-7-15(18)12-22/h5-8,16-17H,3-4,9-14,21H2,1-2H3/t16-,17+/m1/s1. The third-order valence-corrected chi connectivity index (χ3v) is 5.40. The molecule has 0 spiro atoms. The molecule has 1 aromatic rings. The van der Waals surface area contributed by atoms with E-state index in [9.17, 15) is 9.59 Å². The van der Waals surface area contributed by atoms with Crippen molar-refractivity contribution < 1.29 is 14.3 Å². The van der Waals surface area contributed by atoms with Crippen LogP contribution in [0, 0.1) is 0 Å². The third-order valence-electron chi connectivity index (χ3n) is 5.40. The van der Waals surface area contributed by atoms with Crippen LogP contribution in [0.4, 0.5) is 0 Å². The van der Waals surface area contributed by atoms with Gasteiger partial charge in [-0.3, -0.25) is 14.5 Å². The number of carbonyl (C=O) groups excluding carboxylic acids is 2. The Morgan fingerprint density at radius 2 is 2.00 bits per heavy atom. The van der Waals surface area contributed by atoms with E-state index in [2.05, 4.69) is 4.90 Å². The van der Waals surface area contributed by atoms with Crippen molar-refractivity contribution in [3.8, 4) is 5.75 Å². The lowest BCUT2D eigenvalue weighted by Gasteiger charge is -2.30. The van der Waals surface area contributed by atoms with Crippen molar-refractivity contribution in [3.05, 3.63) is 29.8 Å². The van der Waals surface area contributed by atoms with Crippen molar-refractivity contribution >= 4 is 11.8 Å². The predicted octanol–water partition coefficient (Wildman–Crippen LogP) is 0.678. The van der Waals surface area contributed by atoms with Crippen LogP contribution in [0.2, 0.25) is 0 Å². The zero-order chi connectivity index (χ0) is 19.4. The Balaban J connectivity index is 1.68. The van der Waals surface area contributed by atoms with Crippen molar-refractivity contribution in [1.29, 1.82) is 0 Å². The highest BCUT2D eigenvalue weighted by molar-refractivity contribution is 5.89. The van der Waals surface area contributed by atoms with Gasteiger partial charge in [0.2, 0.25) is 11.8 Å². The number of nitrogens with two attached hydrogens (primary N) is 1. The molecule has 1 aromatic carbocycles. The number of rotatable bonds is 5. The Hall–Kier alpha value is -2.12. The van der Waals surface area contributed by atoms with Gasteiger partial charge in [0, 0.05) is 44.3 Å². The largest absolute Gasteiger partial charge is 0.492 e. The van der Waals surface area contributed by atoms with Crippen LogP contribution in [0.5, 0.6) is 5.75 Å². The van der Waals surface area contributed by atoms with Crippen molar-refractivity contribution in [2.24, 2.45) is 5.73 Å². The summed E-state index contributed by atoms with van der Waals surface area (Å²) < 4.78 is 5.78. The molecule has 3 rings (SSSR count). The van der Waals surface area contributed by atoms with E-state index < -0.39 is 6.04 Å². The zero-order valence-electron chi connectivity index (χ0n) is 16.3. The van der Waals surface area contributed by atoms with Gasteiger partial charge in [-0.05, 0) is 26.3 Å². The van der Waals surface area contributed by atoms with Crippen LogP contribution in [0.15, 0.2) is 24.3 Å². The van der Waals surface area contributed by atoms with E-state index in [1.54, 1.807) is 9.80 Å². The van der Waals surface area contributed by atoms with Gasteiger partial charge in [-0.1, -0.05) is 18.2 Å². The molecule has 0 aliphatic carbocycles. The first-order valence-electron chi connectivity index (χ1n) is 9.80. The SMILES string of the molecule is CCN(CC)C(=O)[C@@H]1C[C@@H](N)CN1C(=O)CN1CCOc2ccccc2C1. The fourth-order valence-corrected chi connectivity index (χ4v) is 3.92. The second-order valence-corrected chi connectivity index (χ2v) is 7.24. The summed E-state index contributed by atoms with van der Waals surface area (Å²) in [6, 6.07) is 7.32. The number of carbonyl (C=O) groups is 2. The van der Waals surface area contributed by atoms with Crippen molar-refractivity contribution in [2.75, 3.05) is 39.3 Å².